The minimum atomic E-state index is -0.642. The second-order valence-electron chi connectivity index (χ2n) is 3.52. The highest BCUT2D eigenvalue weighted by Crippen LogP contribution is 2.30. The molecule has 0 aromatic heterocycles. The Kier molecular flexibility index (Phi) is 3.78. The first kappa shape index (κ1) is 11.8. The third-order valence-electron chi connectivity index (χ3n) is 2.17. The number of nitrogens with two attached hydrogens (primary N) is 1. The predicted octanol–water partition coefficient (Wildman–Crippen LogP) is 2.55. The van der Waals surface area contributed by atoms with Crippen molar-refractivity contribution in [3.8, 4) is 0 Å². The van der Waals surface area contributed by atoms with Crippen LogP contribution in [0.15, 0.2) is 18.2 Å². The Labute approximate surface area is 93.6 Å². The van der Waals surface area contributed by atoms with Gasteiger partial charge in [-0.3, -0.25) is 0 Å². The van der Waals surface area contributed by atoms with Gasteiger partial charge in [0, 0.05) is 22.2 Å². The molecule has 14 heavy (non-hydrogen) atoms. The Morgan fingerprint density at radius 1 is 1.43 bits per heavy atom. The lowest BCUT2D eigenvalue weighted by atomic mass is 9.90. The van der Waals surface area contributed by atoms with E-state index in [1.807, 2.05) is 6.92 Å². The van der Waals surface area contributed by atoms with Crippen LogP contribution in [0.1, 0.15) is 18.9 Å². The molecule has 0 aliphatic rings. The fourth-order valence-corrected chi connectivity index (χ4v) is 1.81. The molecule has 0 aliphatic heterocycles. The zero-order valence-corrected chi connectivity index (χ0v) is 9.44. The minimum absolute atomic E-state index is 0.0237. The summed E-state index contributed by atoms with van der Waals surface area (Å²) in [5.74, 6) is 0. The van der Waals surface area contributed by atoms with E-state index in [2.05, 4.69) is 0 Å². The lowest BCUT2D eigenvalue weighted by Gasteiger charge is -2.25. The number of aliphatic hydroxyl groups is 1. The van der Waals surface area contributed by atoms with Crippen LogP contribution in [-0.4, -0.2) is 11.7 Å². The van der Waals surface area contributed by atoms with Crippen LogP contribution < -0.4 is 5.73 Å². The fraction of sp³-hybridized carbons (Fsp3) is 0.400. The maximum atomic E-state index is 8.87. The average molecular weight is 234 g/mol. The van der Waals surface area contributed by atoms with Crippen LogP contribution in [0.4, 0.5) is 0 Å². The largest absolute Gasteiger partial charge is 0.396 e. The maximum absolute atomic E-state index is 8.87. The Morgan fingerprint density at radius 2 is 2.07 bits per heavy atom. The summed E-state index contributed by atoms with van der Waals surface area (Å²) in [5.41, 5.74) is 6.14. The van der Waals surface area contributed by atoms with Gasteiger partial charge in [-0.05, 0) is 37.1 Å². The highest BCUT2D eigenvalue weighted by molar-refractivity contribution is 6.33. The van der Waals surface area contributed by atoms with E-state index < -0.39 is 5.54 Å². The molecule has 0 amide bonds. The van der Waals surface area contributed by atoms with Crippen LogP contribution in [0, 0.1) is 0 Å². The standard InChI is InChI=1S/C10H13Cl2NO/c1-10(13,4-5-14)8-6-7(11)2-3-9(8)12/h2-3,6,14H,4-5,13H2,1H3. The van der Waals surface area contributed by atoms with Crippen molar-refractivity contribution in [2.45, 2.75) is 18.9 Å². The van der Waals surface area contributed by atoms with Crippen LogP contribution in [0.25, 0.3) is 0 Å². The van der Waals surface area contributed by atoms with E-state index in [9.17, 15) is 0 Å². The quantitative estimate of drug-likeness (QED) is 0.844. The molecular weight excluding hydrogens is 221 g/mol. The first-order valence-electron chi connectivity index (χ1n) is 4.32. The van der Waals surface area contributed by atoms with E-state index in [1.54, 1.807) is 18.2 Å². The van der Waals surface area contributed by atoms with Crippen molar-refractivity contribution in [3.63, 3.8) is 0 Å². The van der Waals surface area contributed by atoms with E-state index in [0.29, 0.717) is 16.5 Å². The zero-order chi connectivity index (χ0) is 10.8. The molecule has 3 N–H and O–H groups in total. The number of benzene rings is 1. The van der Waals surface area contributed by atoms with Gasteiger partial charge in [0.15, 0.2) is 0 Å². The zero-order valence-electron chi connectivity index (χ0n) is 7.93. The van der Waals surface area contributed by atoms with E-state index >= 15 is 0 Å². The van der Waals surface area contributed by atoms with Gasteiger partial charge in [0.1, 0.15) is 0 Å². The fourth-order valence-electron chi connectivity index (χ4n) is 1.30. The predicted molar refractivity (Wildman–Crippen MR) is 59.7 cm³/mol. The van der Waals surface area contributed by atoms with Crippen molar-refractivity contribution in [1.82, 2.24) is 0 Å². The first-order chi connectivity index (χ1) is 6.47. The molecule has 0 fully saturated rings. The molecule has 0 heterocycles. The SMILES string of the molecule is CC(N)(CCO)c1cc(Cl)ccc1Cl. The summed E-state index contributed by atoms with van der Waals surface area (Å²) in [6, 6.07) is 5.16. The summed E-state index contributed by atoms with van der Waals surface area (Å²) in [7, 11) is 0. The van der Waals surface area contributed by atoms with E-state index in [4.69, 9.17) is 34.0 Å². The van der Waals surface area contributed by atoms with Crippen molar-refractivity contribution < 1.29 is 5.11 Å². The molecule has 4 heteroatoms. The molecular formula is C10H13Cl2NO. The van der Waals surface area contributed by atoms with Gasteiger partial charge < -0.3 is 10.8 Å². The van der Waals surface area contributed by atoms with Gasteiger partial charge in [0.2, 0.25) is 0 Å². The first-order valence-corrected chi connectivity index (χ1v) is 5.08. The molecule has 0 aliphatic carbocycles. The molecule has 1 aromatic rings. The van der Waals surface area contributed by atoms with Crippen molar-refractivity contribution in [3.05, 3.63) is 33.8 Å². The topological polar surface area (TPSA) is 46.2 Å². The van der Waals surface area contributed by atoms with Crippen molar-refractivity contribution in [1.29, 1.82) is 0 Å². The smallest absolute Gasteiger partial charge is 0.0457 e. The van der Waals surface area contributed by atoms with Crippen LogP contribution >= 0.6 is 23.2 Å². The van der Waals surface area contributed by atoms with Crippen molar-refractivity contribution in [2.24, 2.45) is 5.73 Å². The van der Waals surface area contributed by atoms with Crippen molar-refractivity contribution >= 4 is 23.2 Å². The van der Waals surface area contributed by atoms with Crippen LogP contribution in [0.5, 0.6) is 0 Å². The molecule has 1 aromatic carbocycles. The van der Waals surface area contributed by atoms with Gasteiger partial charge in [-0.2, -0.15) is 0 Å². The summed E-state index contributed by atoms with van der Waals surface area (Å²) >= 11 is 11.8. The Balaban J connectivity index is 3.10. The lowest BCUT2D eigenvalue weighted by molar-refractivity contribution is 0.247. The minimum Gasteiger partial charge on any atom is -0.396 e. The Morgan fingerprint density at radius 3 is 2.64 bits per heavy atom. The molecule has 2 nitrogen and oxygen atoms in total. The molecule has 0 spiro atoms. The lowest BCUT2D eigenvalue weighted by Crippen LogP contribution is -2.34. The molecule has 0 bridgehead atoms. The molecule has 78 valence electrons. The molecule has 1 unspecified atom stereocenters. The van der Waals surface area contributed by atoms with Gasteiger partial charge in [-0.1, -0.05) is 23.2 Å². The summed E-state index contributed by atoms with van der Waals surface area (Å²) in [6.07, 6.45) is 0.451. The van der Waals surface area contributed by atoms with Gasteiger partial charge in [-0.25, -0.2) is 0 Å². The number of halogens is 2. The molecule has 1 rings (SSSR count). The van der Waals surface area contributed by atoms with Gasteiger partial charge in [-0.15, -0.1) is 0 Å². The summed E-state index contributed by atoms with van der Waals surface area (Å²) < 4.78 is 0. The molecule has 1 atom stereocenters. The van der Waals surface area contributed by atoms with E-state index in [-0.39, 0.29) is 6.61 Å². The van der Waals surface area contributed by atoms with Crippen LogP contribution in [-0.2, 0) is 5.54 Å². The molecule has 0 saturated carbocycles. The van der Waals surface area contributed by atoms with Gasteiger partial charge in [0.05, 0.1) is 0 Å². The normalized spacial score (nSPS) is 15.2. The number of aliphatic hydroxyl groups excluding tert-OH is 1. The summed E-state index contributed by atoms with van der Waals surface area (Å²) in [5, 5.41) is 10.0. The molecule has 0 saturated heterocycles. The maximum Gasteiger partial charge on any atom is 0.0457 e. The summed E-state index contributed by atoms with van der Waals surface area (Å²) in [4.78, 5) is 0. The monoisotopic (exact) mass is 233 g/mol. The third-order valence-corrected chi connectivity index (χ3v) is 2.74. The Hall–Kier alpha value is -0.280. The highest BCUT2D eigenvalue weighted by atomic mass is 35.5. The highest BCUT2D eigenvalue weighted by Gasteiger charge is 2.23. The second-order valence-corrected chi connectivity index (χ2v) is 4.36. The molecule has 0 radical (unpaired) electrons. The van der Waals surface area contributed by atoms with Gasteiger partial charge in [0.25, 0.3) is 0 Å². The van der Waals surface area contributed by atoms with E-state index in [1.165, 1.54) is 0 Å². The van der Waals surface area contributed by atoms with Gasteiger partial charge >= 0.3 is 0 Å². The van der Waals surface area contributed by atoms with Crippen LogP contribution in [0.3, 0.4) is 0 Å². The third kappa shape index (κ3) is 2.61. The second kappa shape index (κ2) is 4.49. The number of rotatable bonds is 3. The average Bonchev–Trinajstić information content (AvgIpc) is 2.09. The van der Waals surface area contributed by atoms with Crippen molar-refractivity contribution in [2.75, 3.05) is 6.61 Å². The Bertz CT molecular complexity index is 326. The number of hydrogen-bond acceptors (Lipinski definition) is 2. The van der Waals surface area contributed by atoms with Crippen LogP contribution in [0.2, 0.25) is 10.0 Å². The van der Waals surface area contributed by atoms with E-state index in [0.717, 1.165) is 5.56 Å². The summed E-state index contributed by atoms with van der Waals surface area (Å²) in [6.45, 7) is 1.84. The number of hydrogen-bond donors (Lipinski definition) is 2.